The Morgan fingerprint density at radius 2 is 1.13 bits per heavy atom. The first-order chi connectivity index (χ1) is 29.2. The molecule has 0 unspecified atom stereocenters. The van der Waals surface area contributed by atoms with Crippen LogP contribution in [0, 0.1) is 0 Å². The maximum Gasteiger partial charge on any atom is 0.411 e. The van der Waals surface area contributed by atoms with Crippen molar-refractivity contribution in [2.24, 2.45) is 0 Å². The summed E-state index contributed by atoms with van der Waals surface area (Å²) < 4.78 is 17.1. The number of unbranched alkanes of at least 4 members (excludes halogenated alkanes) is 24. The molecule has 12 heteroatoms. The van der Waals surface area contributed by atoms with Crippen molar-refractivity contribution in [2.75, 3.05) is 19.8 Å². The van der Waals surface area contributed by atoms with Crippen LogP contribution in [0.2, 0.25) is 0 Å². The summed E-state index contributed by atoms with van der Waals surface area (Å²) >= 11 is 0. The number of benzene rings is 1. The van der Waals surface area contributed by atoms with Crippen LogP contribution in [0.3, 0.4) is 0 Å². The van der Waals surface area contributed by atoms with Crippen molar-refractivity contribution in [3.63, 3.8) is 0 Å². The van der Waals surface area contributed by atoms with E-state index in [-0.39, 0.29) is 19.8 Å². The third kappa shape index (κ3) is 23.3. The Morgan fingerprint density at radius 3 is 1.62 bits per heavy atom. The van der Waals surface area contributed by atoms with E-state index in [0.29, 0.717) is 12.8 Å². The molecular weight excluding hydrogens is 763 g/mol. The summed E-state index contributed by atoms with van der Waals surface area (Å²) in [5.74, 6) is -0.681. The largest absolute Gasteiger partial charge is 0.449 e. The molecule has 1 aliphatic heterocycles. The number of amides is 3. The number of aliphatic hydroxyl groups excluding tert-OH is 3. The van der Waals surface area contributed by atoms with Crippen molar-refractivity contribution < 1.29 is 43.9 Å². The lowest BCUT2D eigenvalue weighted by Gasteiger charge is -2.46. The van der Waals surface area contributed by atoms with Crippen molar-refractivity contribution in [1.29, 1.82) is 0 Å². The summed E-state index contributed by atoms with van der Waals surface area (Å²) in [4.78, 5) is 41.2. The van der Waals surface area contributed by atoms with Gasteiger partial charge in [0, 0.05) is 6.54 Å². The van der Waals surface area contributed by atoms with E-state index < -0.39 is 61.3 Å². The van der Waals surface area contributed by atoms with Gasteiger partial charge in [-0.2, -0.15) is 0 Å². The Hall–Kier alpha value is -2.93. The molecule has 346 valence electrons. The van der Waals surface area contributed by atoms with Crippen molar-refractivity contribution in [1.82, 2.24) is 15.5 Å². The van der Waals surface area contributed by atoms with Crippen LogP contribution in [0.25, 0.3) is 0 Å². The van der Waals surface area contributed by atoms with Crippen molar-refractivity contribution in [2.45, 2.75) is 231 Å². The summed E-state index contributed by atoms with van der Waals surface area (Å²) in [5.41, 5.74) is 0.784. The zero-order valence-electron chi connectivity index (χ0n) is 37.8. The van der Waals surface area contributed by atoms with E-state index in [0.717, 1.165) is 44.1 Å². The SMILES string of the molecule is CCCCCCCCCCCCCCCCCCN(C(=O)OCCCCCCCCCCCC)[C@@H]1O[C@H](CO)[C@@H](O)[C@H](O)[C@H]1NC(=O)[C@H](C)NC(=O)OCc1ccccc1. The van der Waals surface area contributed by atoms with E-state index in [1.54, 1.807) is 0 Å². The van der Waals surface area contributed by atoms with Crippen LogP contribution in [0.4, 0.5) is 9.59 Å². The van der Waals surface area contributed by atoms with Crippen LogP contribution >= 0.6 is 0 Å². The maximum absolute atomic E-state index is 13.8. The second-order valence-electron chi connectivity index (χ2n) is 17.0. The summed E-state index contributed by atoms with van der Waals surface area (Å²) in [6.07, 6.45) is 23.8. The molecule has 1 aromatic carbocycles. The topological polar surface area (TPSA) is 167 Å². The van der Waals surface area contributed by atoms with E-state index in [4.69, 9.17) is 14.2 Å². The molecule has 0 saturated carbocycles. The molecule has 2 rings (SSSR count). The molecule has 3 amide bonds. The number of carbonyl (C=O) groups excluding carboxylic acids is 3. The standard InChI is InChI=1S/C48H85N3O9/c1-4-6-8-10-12-14-16-17-18-19-20-21-22-24-26-31-35-51(48(57)58-36-32-27-25-23-15-13-11-9-7-5-2)46-42(44(54)43(53)41(37-52)60-46)50-45(55)39(3)49-47(56)59-38-40-33-29-28-30-34-40/h28-30,33-34,39,41-44,46,52-54H,4-27,31-32,35-38H2,1-3H3,(H,49,56)(H,50,55)/t39-,41+,42+,43+,44+,46+/m0/s1. The van der Waals surface area contributed by atoms with Crippen molar-refractivity contribution in [3.8, 4) is 0 Å². The molecule has 0 radical (unpaired) electrons. The quantitative estimate of drug-likeness (QED) is 0.0418. The fraction of sp³-hybridized carbons (Fsp3) is 0.812. The normalized spacial score (nSPS) is 19.4. The van der Waals surface area contributed by atoms with E-state index in [2.05, 4.69) is 24.5 Å². The van der Waals surface area contributed by atoms with Gasteiger partial charge in [-0.05, 0) is 25.3 Å². The third-order valence-electron chi connectivity index (χ3n) is 11.7. The molecule has 1 aliphatic rings. The Labute approximate surface area is 363 Å². The predicted molar refractivity (Wildman–Crippen MR) is 238 cm³/mol. The lowest BCUT2D eigenvalue weighted by Crippen LogP contribution is -2.69. The van der Waals surface area contributed by atoms with Crippen LogP contribution in [0.1, 0.15) is 193 Å². The van der Waals surface area contributed by atoms with Gasteiger partial charge >= 0.3 is 12.2 Å². The van der Waals surface area contributed by atoms with Crippen LogP contribution in [0.5, 0.6) is 0 Å². The highest BCUT2D eigenvalue weighted by atomic mass is 16.6. The molecule has 1 heterocycles. The second kappa shape index (κ2) is 34.6. The number of alkyl carbamates (subject to hydrolysis) is 1. The highest BCUT2D eigenvalue weighted by Crippen LogP contribution is 2.26. The number of hydrogen-bond acceptors (Lipinski definition) is 9. The van der Waals surface area contributed by atoms with Gasteiger partial charge in [0.1, 0.15) is 37.0 Å². The molecule has 0 aromatic heterocycles. The average Bonchev–Trinajstić information content (AvgIpc) is 3.25. The highest BCUT2D eigenvalue weighted by molar-refractivity contribution is 5.85. The van der Waals surface area contributed by atoms with Gasteiger partial charge in [-0.25, -0.2) is 9.59 Å². The molecule has 60 heavy (non-hydrogen) atoms. The zero-order chi connectivity index (χ0) is 43.6. The number of nitrogens with one attached hydrogen (secondary N) is 2. The summed E-state index contributed by atoms with van der Waals surface area (Å²) in [6.45, 7) is 5.80. The Morgan fingerprint density at radius 1 is 0.667 bits per heavy atom. The molecule has 6 atom stereocenters. The smallest absolute Gasteiger partial charge is 0.411 e. The van der Waals surface area contributed by atoms with Gasteiger partial charge in [0.25, 0.3) is 0 Å². The molecule has 12 nitrogen and oxygen atoms in total. The summed E-state index contributed by atoms with van der Waals surface area (Å²) in [7, 11) is 0. The van der Waals surface area contributed by atoms with E-state index >= 15 is 0 Å². The van der Waals surface area contributed by atoms with Gasteiger partial charge in [0.05, 0.1) is 13.2 Å². The van der Waals surface area contributed by atoms with E-state index in [1.807, 2.05) is 30.3 Å². The molecule has 1 fully saturated rings. The lowest BCUT2D eigenvalue weighted by molar-refractivity contribution is -0.226. The van der Waals surface area contributed by atoms with E-state index in [9.17, 15) is 29.7 Å². The fourth-order valence-corrected chi connectivity index (χ4v) is 7.80. The summed E-state index contributed by atoms with van der Waals surface area (Å²) in [6, 6.07) is 6.76. The monoisotopic (exact) mass is 848 g/mol. The minimum atomic E-state index is -1.59. The lowest BCUT2D eigenvalue weighted by atomic mass is 9.95. The predicted octanol–water partition coefficient (Wildman–Crippen LogP) is 9.85. The number of ether oxygens (including phenoxy) is 3. The molecule has 1 saturated heterocycles. The Balaban J connectivity index is 1.96. The number of nitrogens with zero attached hydrogens (tertiary/aromatic N) is 1. The maximum atomic E-state index is 13.8. The average molecular weight is 848 g/mol. The molecule has 5 N–H and O–H groups in total. The minimum absolute atomic E-state index is 0.0164. The third-order valence-corrected chi connectivity index (χ3v) is 11.7. The molecule has 0 bridgehead atoms. The number of rotatable bonds is 35. The van der Waals surface area contributed by atoms with Crippen LogP contribution in [-0.2, 0) is 25.6 Å². The van der Waals surface area contributed by atoms with Gasteiger partial charge < -0.3 is 40.2 Å². The number of aliphatic hydroxyl groups is 3. The minimum Gasteiger partial charge on any atom is -0.449 e. The number of hydrogen-bond donors (Lipinski definition) is 5. The molecule has 0 aliphatic carbocycles. The summed E-state index contributed by atoms with van der Waals surface area (Å²) in [5, 5.41) is 37.4. The zero-order valence-corrected chi connectivity index (χ0v) is 37.8. The first-order valence-corrected chi connectivity index (χ1v) is 24.1. The van der Waals surface area contributed by atoms with E-state index in [1.165, 1.54) is 127 Å². The Kier molecular flexibility index (Phi) is 30.7. The highest BCUT2D eigenvalue weighted by Gasteiger charge is 2.49. The molecular formula is C48H85N3O9. The number of carbonyl (C=O) groups is 3. The van der Waals surface area contributed by atoms with Crippen LogP contribution in [0.15, 0.2) is 30.3 Å². The van der Waals surface area contributed by atoms with Gasteiger partial charge in [-0.15, -0.1) is 0 Å². The van der Waals surface area contributed by atoms with Gasteiger partial charge in [-0.1, -0.05) is 198 Å². The molecule has 1 aromatic rings. The first kappa shape index (κ1) is 53.2. The molecule has 0 spiro atoms. The van der Waals surface area contributed by atoms with Gasteiger partial charge in [-0.3, -0.25) is 9.69 Å². The van der Waals surface area contributed by atoms with Crippen LogP contribution in [-0.4, -0.2) is 94.7 Å². The fourth-order valence-electron chi connectivity index (χ4n) is 7.80. The first-order valence-electron chi connectivity index (χ1n) is 24.1. The van der Waals surface area contributed by atoms with Gasteiger partial charge in [0.2, 0.25) is 5.91 Å². The van der Waals surface area contributed by atoms with Crippen LogP contribution < -0.4 is 10.6 Å². The Bertz CT molecular complexity index is 1220. The second-order valence-corrected chi connectivity index (χ2v) is 17.0. The van der Waals surface area contributed by atoms with Crippen molar-refractivity contribution >= 4 is 18.1 Å². The van der Waals surface area contributed by atoms with Gasteiger partial charge in [0.15, 0.2) is 6.23 Å². The van der Waals surface area contributed by atoms with Crippen molar-refractivity contribution in [3.05, 3.63) is 35.9 Å².